The Kier molecular flexibility index (Phi) is 6.47. The SMILES string of the molecule is COc1ccccc1C1=C(SCc2ccccc2)C(=O)N(c2ccc(C(C)C)cc2)C1=O. The number of ether oxygens (including phenoxy) is 1. The lowest BCUT2D eigenvalue weighted by Crippen LogP contribution is -2.31. The first-order valence-corrected chi connectivity index (χ1v) is 11.5. The molecule has 2 amide bonds. The van der Waals surface area contributed by atoms with E-state index in [1.807, 2.05) is 72.8 Å². The second kappa shape index (κ2) is 9.45. The third-order valence-electron chi connectivity index (χ3n) is 5.46. The molecule has 162 valence electrons. The molecule has 0 aromatic heterocycles. The van der Waals surface area contributed by atoms with Gasteiger partial charge >= 0.3 is 0 Å². The predicted molar refractivity (Wildman–Crippen MR) is 131 cm³/mol. The van der Waals surface area contributed by atoms with E-state index in [-0.39, 0.29) is 11.8 Å². The lowest BCUT2D eigenvalue weighted by molar-refractivity contribution is -0.119. The highest BCUT2D eigenvalue weighted by Gasteiger charge is 2.41. The first kappa shape index (κ1) is 21.9. The van der Waals surface area contributed by atoms with Gasteiger partial charge in [-0.3, -0.25) is 9.59 Å². The van der Waals surface area contributed by atoms with E-state index < -0.39 is 0 Å². The van der Waals surface area contributed by atoms with Crippen LogP contribution in [0.2, 0.25) is 0 Å². The van der Waals surface area contributed by atoms with Crippen molar-refractivity contribution in [1.29, 1.82) is 0 Å². The van der Waals surface area contributed by atoms with Gasteiger partial charge in [-0.2, -0.15) is 0 Å². The van der Waals surface area contributed by atoms with Crippen LogP contribution in [0.1, 0.15) is 36.5 Å². The average Bonchev–Trinajstić information content (AvgIpc) is 3.07. The molecule has 0 spiro atoms. The normalized spacial score (nSPS) is 13.9. The fourth-order valence-corrected chi connectivity index (χ4v) is 4.76. The molecule has 0 unspecified atom stereocenters. The number of imide groups is 1. The van der Waals surface area contributed by atoms with Crippen molar-refractivity contribution in [2.24, 2.45) is 0 Å². The molecule has 3 aromatic rings. The summed E-state index contributed by atoms with van der Waals surface area (Å²) in [6.45, 7) is 4.22. The smallest absolute Gasteiger partial charge is 0.272 e. The van der Waals surface area contributed by atoms with Crippen molar-refractivity contribution >= 4 is 34.8 Å². The van der Waals surface area contributed by atoms with Gasteiger partial charge in [-0.25, -0.2) is 4.90 Å². The molecule has 0 atom stereocenters. The summed E-state index contributed by atoms with van der Waals surface area (Å²) in [5, 5.41) is 0. The number of amides is 2. The number of para-hydroxylation sites is 1. The van der Waals surface area contributed by atoms with Crippen molar-refractivity contribution in [2.75, 3.05) is 12.0 Å². The summed E-state index contributed by atoms with van der Waals surface area (Å²) >= 11 is 1.39. The minimum absolute atomic E-state index is 0.297. The Labute approximate surface area is 192 Å². The number of methoxy groups -OCH3 is 1. The van der Waals surface area contributed by atoms with Crippen LogP contribution in [0, 0.1) is 0 Å². The predicted octanol–water partition coefficient (Wildman–Crippen LogP) is 6.04. The number of hydrogen-bond acceptors (Lipinski definition) is 4. The molecule has 0 aliphatic carbocycles. The van der Waals surface area contributed by atoms with E-state index in [0.29, 0.717) is 39.1 Å². The molecule has 1 aliphatic heterocycles. The molecular weight excluding hydrogens is 418 g/mol. The molecule has 0 saturated carbocycles. The van der Waals surface area contributed by atoms with E-state index >= 15 is 0 Å². The monoisotopic (exact) mass is 443 g/mol. The minimum Gasteiger partial charge on any atom is -0.496 e. The van der Waals surface area contributed by atoms with Crippen molar-refractivity contribution < 1.29 is 14.3 Å². The quantitative estimate of drug-likeness (QED) is 0.418. The summed E-state index contributed by atoms with van der Waals surface area (Å²) < 4.78 is 5.51. The Morgan fingerprint density at radius 1 is 0.844 bits per heavy atom. The largest absolute Gasteiger partial charge is 0.496 e. The Bertz CT molecular complexity index is 1170. The summed E-state index contributed by atoms with van der Waals surface area (Å²) in [7, 11) is 1.57. The van der Waals surface area contributed by atoms with Crippen LogP contribution >= 0.6 is 11.8 Å². The maximum absolute atomic E-state index is 13.6. The standard InChI is InChI=1S/C27H25NO3S/c1-18(2)20-13-15-21(16-14-20)28-26(29)24(22-11-7-8-12-23(22)31-3)25(27(28)30)32-17-19-9-5-4-6-10-19/h4-16,18H,17H2,1-3H3. The summed E-state index contributed by atoms with van der Waals surface area (Å²) in [5.74, 6) is 0.904. The molecule has 32 heavy (non-hydrogen) atoms. The third-order valence-corrected chi connectivity index (χ3v) is 6.61. The zero-order valence-corrected chi connectivity index (χ0v) is 19.2. The minimum atomic E-state index is -0.327. The molecule has 3 aromatic carbocycles. The van der Waals surface area contributed by atoms with Crippen molar-refractivity contribution in [2.45, 2.75) is 25.5 Å². The van der Waals surface area contributed by atoms with Crippen LogP contribution in [0.4, 0.5) is 5.69 Å². The van der Waals surface area contributed by atoms with Crippen LogP contribution in [-0.4, -0.2) is 18.9 Å². The molecular formula is C27H25NO3S. The Hall–Kier alpha value is -3.31. The zero-order valence-electron chi connectivity index (χ0n) is 18.4. The lowest BCUT2D eigenvalue weighted by Gasteiger charge is -2.16. The second-order valence-corrected chi connectivity index (χ2v) is 8.86. The van der Waals surface area contributed by atoms with Gasteiger partial charge in [0.2, 0.25) is 0 Å². The molecule has 0 radical (unpaired) electrons. The van der Waals surface area contributed by atoms with Crippen molar-refractivity contribution in [1.82, 2.24) is 0 Å². The fourth-order valence-electron chi connectivity index (χ4n) is 3.70. The maximum atomic E-state index is 13.6. The Morgan fingerprint density at radius 2 is 1.50 bits per heavy atom. The molecule has 1 aliphatic rings. The summed E-state index contributed by atoms with van der Waals surface area (Å²) in [6, 6.07) is 24.9. The van der Waals surface area contributed by atoms with Crippen molar-refractivity contribution in [3.8, 4) is 5.75 Å². The van der Waals surface area contributed by atoms with Gasteiger partial charge in [-0.1, -0.05) is 74.5 Å². The molecule has 1 heterocycles. The molecule has 0 fully saturated rings. The van der Waals surface area contributed by atoms with Crippen LogP contribution in [0.15, 0.2) is 83.8 Å². The van der Waals surface area contributed by atoms with Crippen LogP contribution in [0.5, 0.6) is 5.75 Å². The van der Waals surface area contributed by atoms with Gasteiger partial charge in [-0.05, 0) is 35.2 Å². The van der Waals surface area contributed by atoms with E-state index in [2.05, 4.69) is 13.8 Å². The van der Waals surface area contributed by atoms with Crippen LogP contribution in [0.3, 0.4) is 0 Å². The molecule has 5 heteroatoms. The number of rotatable bonds is 7. The number of hydrogen-bond donors (Lipinski definition) is 0. The van der Waals surface area contributed by atoms with Crippen LogP contribution in [0.25, 0.3) is 5.57 Å². The van der Waals surface area contributed by atoms with Gasteiger partial charge in [0.1, 0.15) is 5.75 Å². The molecule has 4 nitrogen and oxygen atoms in total. The van der Waals surface area contributed by atoms with Crippen LogP contribution in [-0.2, 0) is 15.3 Å². The van der Waals surface area contributed by atoms with E-state index in [1.165, 1.54) is 16.7 Å². The second-order valence-electron chi connectivity index (χ2n) is 7.87. The molecule has 0 bridgehead atoms. The number of anilines is 1. The number of carbonyl (C=O) groups is 2. The van der Waals surface area contributed by atoms with Gasteiger partial charge in [0, 0.05) is 11.3 Å². The average molecular weight is 444 g/mol. The number of nitrogens with zero attached hydrogens (tertiary/aromatic N) is 1. The lowest BCUT2D eigenvalue weighted by atomic mass is 10.0. The van der Waals surface area contributed by atoms with E-state index in [4.69, 9.17) is 4.74 Å². The molecule has 4 rings (SSSR count). The van der Waals surface area contributed by atoms with E-state index in [9.17, 15) is 9.59 Å². The van der Waals surface area contributed by atoms with E-state index in [1.54, 1.807) is 13.2 Å². The third kappa shape index (κ3) is 4.21. The van der Waals surface area contributed by atoms with Crippen molar-refractivity contribution in [3.05, 3.63) is 100 Å². The highest BCUT2D eigenvalue weighted by Crippen LogP contribution is 2.42. The number of carbonyl (C=O) groups excluding carboxylic acids is 2. The van der Waals surface area contributed by atoms with E-state index in [0.717, 1.165) is 11.1 Å². The Balaban J connectivity index is 1.75. The van der Waals surface area contributed by atoms with Gasteiger partial charge in [0.25, 0.3) is 11.8 Å². The summed E-state index contributed by atoms with van der Waals surface area (Å²) in [4.78, 5) is 28.8. The Morgan fingerprint density at radius 3 is 2.16 bits per heavy atom. The fraction of sp³-hybridized carbons (Fsp3) is 0.185. The van der Waals surface area contributed by atoms with Crippen molar-refractivity contribution in [3.63, 3.8) is 0 Å². The first-order valence-electron chi connectivity index (χ1n) is 10.5. The topological polar surface area (TPSA) is 46.6 Å². The number of benzene rings is 3. The molecule has 0 N–H and O–H groups in total. The van der Waals surface area contributed by atoms with Gasteiger partial charge in [0.15, 0.2) is 0 Å². The van der Waals surface area contributed by atoms with Gasteiger partial charge in [0.05, 0.1) is 23.3 Å². The highest BCUT2D eigenvalue weighted by molar-refractivity contribution is 8.03. The zero-order chi connectivity index (χ0) is 22.7. The maximum Gasteiger partial charge on any atom is 0.272 e. The molecule has 0 saturated heterocycles. The van der Waals surface area contributed by atoms with Crippen LogP contribution < -0.4 is 9.64 Å². The summed E-state index contributed by atoms with van der Waals surface area (Å²) in [5.41, 5.74) is 3.84. The van der Waals surface area contributed by atoms with Gasteiger partial charge < -0.3 is 4.74 Å². The summed E-state index contributed by atoms with van der Waals surface area (Å²) in [6.07, 6.45) is 0. The highest BCUT2D eigenvalue weighted by atomic mass is 32.2. The number of thioether (sulfide) groups is 1. The van der Waals surface area contributed by atoms with Gasteiger partial charge in [-0.15, -0.1) is 11.8 Å². The first-order chi connectivity index (χ1) is 15.5.